The van der Waals surface area contributed by atoms with Crippen LogP contribution in [0.25, 0.3) is 10.8 Å². The van der Waals surface area contributed by atoms with Gasteiger partial charge in [-0.05, 0) is 35.6 Å². The second kappa shape index (κ2) is 4.34. The zero-order chi connectivity index (χ0) is 15.5. The molecule has 2 bridgehead atoms. The van der Waals surface area contributed by atoms with Gasteiger partial charge in [-0.1, -0.05) is 57.2 Å². The van der Waals surface area contributed by atoms with Crippen LogP contribution in [0.2, 0.25) is 0 Å². The van der Waals surface area contributed by atoms with Gasteiger partial charge < -0.3 is 5.32 Å². The van der Waals surface area contributed by atoms with Crippen LogP contribution in [0.3, 0.4) is 0 Å². The number of anilines is 1. The first kappa shape index (κ1) is 13.8. The Balaban J connectivity index is 1.74. The molecule has 0 amide bonds. The number of ketones is 1. The number of hydrogen-bond acceptors (Lipinski definition) is 2. The summed E-state index contributed by atoms with van der Waals surface area (Å²) in [5, 5.41) is 6.01. The van der Waals surface area contributed by atoms with Gasteiger partial charge in [0.25, 0.3) is 0 Å². The van der Waals surface area contributed by atoms with Crippen LogP contribution in [0.4, 0.5) is 5.69 Å². The lowest BCUT2D eigenvalue weighted by atomic mass is 9.70. The van der Waals surface area contributed by atoms with Crippen LogP contribution in [0, 0.1) is 16.7 Å². The van der Waals surface area contributed by atoms with E-state index in [1.807, 2.05) is 0 Å². The minimum absolute atomic E-state index is 0.0421. The Morgan fingerprint density at radius 3 is 2.50 bits per heavy atom. The predicted octanol–water partition coefficient (Wildman–Crippen LogP) is 4.65. The van der Waals surface area contributed by atoms with Crippen LogP contribution in [0.15, 0.2) is 42.5 Å². The Morgan fingerprint density at radius 1 is 1.05 bits per heavy atom. The molecule has 2 fully saturated rings. The molecule has 0 heterocycles. The van der Waals surface area contributed by atoms with Crippen molar-refractivity contribution in [1.82, 2.24) is 0 Å². The Labute approximate surface area is 131 Å². The highest BCUT2D eigenvalue weighted by Gasteiger charge is 2.66. The fourth-order valence-corrected chi connectivity index (χ4v) is 4.77. The van der Waals surface area contributed by atoms with Crippen LogP contribution in [-0.4, -0.2) is 11.8 Å². The molecule has 2 nitrogen and oxygen atoms in total. The number of benzene rings is 2. The van der Waals surface area contributed by atoms with E-state index in [1.54, 1.807) is 0 Å². The van der Waals surface area contributed by atoms with Gasteiger partial charge in [-0.25, -0.2) is 0 Å². The van der Waals surface area contributed by atoms with Crippen LogP contribution in [0.5, 0.6) is 0 Å². The largest absolute Gasteiger partial charge is 0.374 e. The van der Waals surface area contributed by atoms with Crippen molar-refractivity contribution in [2.45, 2.75) is 39.7 Å². The monoisotopic (exact) mass is 293 g/mol. The first-order valence-corrected chi connectivity index (χ1v) is 8.24. The smallest absolute Gasteiger partial charge is 0.161 e. The lowest BCUT2D eigenvalue weighted by molar-refractivity contribution is -0.128. The third-order valence-corrected chi connectivity index (χ3v) is 6.63. The van der Waals surface area contributed by atoms with Crippen molar-refractivity contribution in [3.63, 3.8) is 0 Å². The number of Topliss-reactive ketones (excluding diaryl/α,β-unsaturated/α-hetero) is 1. The molecule has 22 heavy (non-hydrogen) atoms. The van der Waals surface area contributed by atoms with Gasteiger partial charge in [0.1, 0.15) is 0 Å². The summed E-state index contributed by atoms with van der Waals surface area (Å²) in [4.78, 5) is 13.0. The molecule has 0 aromatic heterocycles. The number of carbonyl (C=O) groups is 1. The molecule has 1 N–H and O–H groups in total. The van der Waals surface area contributed by atoms with E-state index in [9.17, 15) is 4.79 Å². The van der Waals surface area contributed by atoms with E-state index in [2.05, 4.69) is 68.6 Å². The molecule has 2 saturated carbocycles. The quantitative estimate of drug-likeness (QED) is 0.873. The number of nitrogens with one attached hydrogen (secondary N) is 1. The SMILES string of the molecule is CC1(C)[C@@H]2CC[C@@]1(C)C(=O)[C@H]2Nc1cccc2ccccc12. The minimum Gasteiger partial charge on any atom is -0.374 e. The summed E-state index contributed by atoms with van der Waals surface area (Å²) in [7, 11) is 0. The van der Waals surface area contributed by atoms with Gasteiger partial charge in [-0.15, -0.1) is 0 Å². The van der Waals surface area contributed by atoms with Gasteiger partial charge in [0.05, 0.1) is 6.04 Å². The molecule has 2 aromatic carbocycles. The summed E-state index contributed by atoms with van der Waals surface area (Å²) in [6.45, 7) is 6.71. The third kappa shape index (κ3) is 1.58. The van der Waals surface area contributed by atoms with Crippen LogP contribution in [-0.2, 0) is 4.79 Å². The molecule has 2 aliphatic carbocycles. The van der Waals surface area contributed by atoms with E-state index in [1.165, 1.54) is 10.8 Å². The molecule has 2 heteroatoms. The summed E-state index contributed by atoms with van der Waals surface area (Å²) in [6.07, 6.45) is 2.19. The Bertz CT molecular complexity index is 758. The number of fused-ring (bicyclic) bond motifs is 3. The van der Waals surface area contributed by atoms with Crippen molar-refractivity contribution in [2.24, 2.45) is 16.7 Å². The van der Waals surface area contributed by atoms with Crippen LogP contribution >= 0.6 is 0 Å². The van der Waals surface area contributed by atoms with Gasteiger partial charge in [0.2, 0.25) is 0 Å². The number of hydrogen-bond donors (Lipinski definition) is 1. The number of rotatable bonds is 2. The Hall–Kier alpha value is -1.83. The summed E-state index contributed by atoms with van der Waals surface area (Å²) < 4.78 is 0. The maximum atomic E-state index is 13.0. The lowest BCUT2D eigenvalue weighted by Gasteiger charge is -2.32. The fraction of sp³-hybridized carbons (Fsp3) is 0.450. The molecule has 2 aliphatic rings. The second-order valence-corrected chi connectivity index (χ2v) is 7.71. The normalized spacial score (nSPS) is 32.6. The van der Waals surface area contributed by atoms with Gasteiger partial charge in [0.15, 0.2) is 5.78 Å². The summed E-state index contributed by atoms with van der Waals surface area (Å²) in [5.41, 5.74) is 1.01. The maximum absolute atomic E-state index is 13.0. The average Bonchev–Trinajstić information content (AvgIpc) is 2.82. The first-order valence-electron chi connectivity index (χ1n) is 8.24. The van der Waals surface area contributed by atoms with Gasteiger partial charge in [0, 0.05) is 16.5 Å². The average molecular weight is 293 g/mol. The maximum Gasteiger partial charge on any atom is 0.161 e. The molecule has 114 valence electrons. The molecule has 3 atom stereocenters. The van der Waals surface area contributed by atoms with E-state index in [-0.39, 0.29) is 16.9 Å². The molecular formula is C20H23NO. The van der Waals surface area contributed by atoms with Crippen LogP contribution < -0.4 is 5.32 Å². The van der Waals surface area contributed by atoms with Gasteiger partial charge in [-0.2, -0.15) is 0 Å². The number of carbonyl (C=O) groups excluding carboxylic acids is 1. The second-order valence-electron chi connectivity index (χ2n) is 7.71. The minimum atomic E-state index is -0.167. The van der Waals surface area contributed by atoms with Gasteiger partial charge >= 0.3 is 0 Å². The molecule has 0 saturated heterocycles. The Kier molecular flexibility index (Phi) is 2.73. The van der Waals surface area contributed by atoms with E-state index < -0.39 is 0 Å². The van der Waals surface area contributed by atoms with Crippen LogP contribution in [0.1, 0.15) is 33.6 Å². The lowest BCUT2D eigenvalue weighted by Crippen LogP contribution is -2.38. The zero-order valence-corrected chi connectivity index (χ0v) is 13.5. The molecule has 0 unspecified atom stereocenters. The highest BCUT2D eigenvalue weighted by Crippen LogP contribution is 2.64. The van der Waals surface area contributed by atoms with Crippen molar-refractivity contribution in [1.29, 1.82) is 0 Å². The highest BCUT2D eigenvalue weighted by atomic mass is 16.1. The van der Waals surface area contributed by atoms with Crippen molar-refractivity contribution in [3.8, 4) is 0 Å². The van der Waals surface area contributed by atoms with Crippen molar-refractivity contribution < 1.29 is 4.79 Å². The van der Waals surface area contributed by atoms with E-state index in [0.717, 1.165) is 18.5 Å². The molecule has 2 aromatic rings. The summed E-state index contributed by atoms with van der Waals surface area (Å²) >= 11 is 0. The first-order chi connectivity index (χ1) is 10.4. The predicted molar refractivity (Wildman–Crippen MR) is 91.0 cm³/mol. The third-order valence-electron chi connectivity index (χ3n) is 6.63. The topological polar surface area (TPSA) is 29.1 Å². The standard InChI is InChI=1S/C20H23NO/c1-19(2)15-11-12-20(19,3)18(22)17(15)21-16-10-6-8-13-7-4-5-9-14(13)16/h4-10,15,17,21H,11-12H2,1-3H3/t15-,17+,20+/m1/s1. The fourth-order valence-electron chi connectivity index (χ4n) is 4.77. The van der Waals surface area contributed by atoms with E-state index in [0.29, 0.717) is 11.7 Å². The van der Waals surface area contributed by atoms with E-state index >= 15 is 0 Å². The van der Waals surface area contributed by atoms with Crippen molar-refractivity contribution in [2.75, 3.05) is 5.32 Å². The molecule has 4 rings (SSSR count). The summed E-state index contributed by atoms with van der Waals surface area (Å²) in [5.74, 6) is 0.839. The molecule has 0 spiro atoms. The van der Waals surface area contributed by atoms with Crippen molar-refractivity contribution in [3.05, 3.63) is 42.5 Å². The molecular weight excluding hydrogens is 270 g/mol. The van der Waals surface area contributed by atoms with Crippen molar-refractivity contribution >= 4 is 22.2 Å². The van der Waals surface area contributed by atoms with E-state index in [4.69, 9.17) is 0 Å². The molecule has 0 radical (unpaired) electrons. The molecule has 0 aliphatic heterocycles. The Morgan fingerprint density at radius 2 is 1.77 bits per heavy atom. The highest BCUT2D eigenvalue weighted by molar-refractivity contribution is 6.00. The summed E-state index contributed by atoms with van der Waals surface area (Å²) in [6, 6.07) is 14.6. The zero-order valence-electron chi connectivity index (χ0n) is 13.5. The van der Waals surface area contributed by atoms with Gasteiger partial charge in [-0.3, -0.25) is 4.79 Å².